The maximum atomic E-state index is 14.1. The third kappa shape index (κ3) is 4.52. The number of amides is 1. The van der Waals surface area contributed by atoms with E-state index >= 15 is 0 Å². The minimum absolute atomic E-state index is 0.0145. The van der Waals surface area contributed by atoms with Gasteiger partial charge in [0.2, 0.25) is 6.79 Å². The highest BCUT2D eigenvalue weighted by Gasteiger charge is 2.47. The van der Waals surface area contributed by atoms with E-state index in [1.807, 2.05) is 18.2 Å². The molecular weight excluding hydrogens is 511 g/mol. The van der Waals surface area contributed by atoms with Gasteiger partial charge in [-0.25, -0.2) is 4.68 Å². The van der Waals surface area contributed by atoms with Crippen LogP contribution in [0.25, 0.3) is 0 Å². The Balaban J connectivity index is 1.21. The molecule has 1 fully saturated rings. The van der Waals surface area contributed by atoms with Crippen LogP contribution in [0, 0.1) is 0 Å². The molecule has 4 heterocycles. The van der Waals surface area contributed by atoms with Gasteiger partial charge in [0, 0.05) is 49.4 Å². The molecule has 37 heavy (non-hydrogen) atoms. The number of anilines is 2. The fraction of sp³-hybridized carbons (Fsp3) is 0.360. The maximum absolute atomic E-state index is 14.1. The first-order valence-electron chi connectivity index (χ1n) is 11.9. The molecule has 1 N–H and O–H groups in total. The summed E-state index contributed by atoms with van der Waals surface area (Å²) in [6.07, 6.45) is -4.82. The van der Waals surface area contributed by atoms with Gasteiger partial charge in [0.15, 0.2) is 23.2 Å². The van der Waals surface area contributed by atoms with Gasteiger partial charge in [-0.05, 0) is 35.9 Å². The molecule has 194 valence electrons. The van der Waals surface area contributed by atoms with Crippen molar-refractivity contribution in [1.29, 1.82) is 0 Å². The second-order valence-corrected chi connectivity index (χ2v) is 9.66. The van der Waals surface area contributed by atoms with Gasteiger partial charge in [0.1, 0.15) is 5.82 Å². The van der Waals surface area contributed by atoms with Gasteiger partial charge in [0.25, 0.3) is 5.91 Å². The Hall–Kier alpha value is -3.60. The molecule has 3 aliphatic heterocycles. The number of halogens is 4. The number of ether oxygens (including phenoxy) is 2. The summed E-state index contributed by atoms with van der Waals surface area (Å²) in [4.78, 5) is 17.0. The predicted molar refractivity (Wildman–Crippen MR) is 130 cm³/mol. The number of fused-ring (bicyclic) bond motifs is 2. The Morgan fingerprint density at radius 1 is 1.03 bits per heavy atom. The lowest BCUT2D eigenvalue weighted by Gasteiger charge is -2.35. The number of nitrogens with zero attached hydrogens (tertiary/aromatic N) is 4. The van der Waals surface area contributed by atoms with Gasteiger partial charge in [-0.2, -0.15) is 18.3 Å². The summed E-state index contributed by atoms with van der Waals surface area (Å²) >= 11 is 6.09. The molecule has 1 saturated heterocycles. The van der Waals surface area contributed by atoms with Crippen LogP contribution < -0.4 is 19.7 Å². The van der Waals surface area contributed by atoms with E-state index in [0.29, 0.717) is 48.3 Å². The molecule has 0 aliphatic carbocycles. The molecule has 0 bridgehead atoms. The lowest BCUT2D eigenvalue weighted by Crippen LogP contribution is -2.49. The number of alkyl halides is 3. The number of carbonyl (C=O) groups is 1. The summed E-state index contributed by atoms with van der Waals surface area (Å²) in [7, 11) is 0. The van der Waals surface area contributed by atoms with Gasteiger partial charge < -0.3 is 24.6 Å². The predicted octanol–water partition coefficient (Wildman–Crippen LogP) is 4.89. The van der Waals surface area contributed by atoms with Gasteiger partial charge in [0.05, 0.1) is 6.04 Å². The zero-order valence-electron chi connectivity index (χ0n) is 19.5. The Morgan fingerprint density at radius 3 is 2.57 bits per heavy atom. The highest BCUT2D eigenvalue weighted by atomic mass is 35.5. The van der Waals surface area contributed by atoms with Crippen molar-refractivity contribution in [2.24, 2.45) is 0 Å². The van der Waals surface area contributed by atoms with Crippen molar-refractivity contribution in [3.63, 3.8) is 0 Å². The summed E-state index contributed by atoms with van der Waals surface area (Å²) in [5, 5.41) is 7.88. The average molecular weight is 534 g/mol. The molecule has 0 spiro atoms. The number of aromatic nitrogens is 2. The standard InChI is InChI=1S/C25H23ClF3N5O3/c26-16-2-1-3-17(11-16)32-6-8-33(9-7-32)24(35)19-13-23-30-18(12-22(25(27,28)29)34(23)31-19)15-4-5-20-21(10-15)37-14-36-20/h1-5,10-11,13,18,22,30H,6-9,12,14H2/t18-,22-/m0/s1. The molecule has 6 rings (SSSR count). The van der Waals surface area contributed by atoms with E-state index in [1.165, 1.54) is 6.07 Å². The van der Waals surface area contributed by atoms with Crippen LogP contribution in [0.15, 0.2) is 48.5 Å². The number of hydrogen-bond donors (Lipinski definition) is 1. The van der Waals surface area contributed by atoms with Gasteiger partial charge in [-0.15, -0.1) is 0 Å². The Kier molecular flexibility index (Phi) is 5.82. The molecule has 3 aliphatic rings. The van der Waals surface area contributed by atoms with Crippen molar-refractivity contribution in [1.82, 2.24) is 14.7 Å². The molecule has 0 unspecified atom stereocenters. The van der Waals surface area contributed by atoms with E-state index in [4.69, 9.17) is 21.1 Å². The zero-order chi connectivity index (χ0) is 25.7. The van der Waals surface area contributed by atoms with Crippen LogP contribution in [0.5, 0.6) is 11.5 Å². The third-order valence-electron chi connectivity index (χ3n) is 6.95. The molecule has 3 aromatic rings. The summed E-state index contributed by atoms with van der Waals surface area (Å²) in [6.45, 7) is 2.07. The number of piperazine rings is 1. The molecule has 2 atom stereocenters. The highest BCUT2D eigenvalue weighted by molar-refractivity contribution is 6.30. The van der Waals surface area contributed by atoms with Crippen molar-refractivity contribution in [2.75, 3.05) is 43.2 Å². The average Bonchev–Trinajstić information content (AvgIpc) is 3.53. The molecule has 1 aromatic heterocycles. The molecule has 8 nitrogen and oxygen atoms in total. The number of rotatable bonds is 3. The second kappa shape index (κ2) is 9.05. The first kappa shape index (κ1) is 23.8. The lowest BCUT2D eigenvalue weighted by atomic mass is 9.96. The summed E-state index contributed by atoms with van der Waals surface area (Å²) in [5.74, 6) is 0.808. The lowest BCUT2D eigenvalue weighted by molar-refractivity contribution is -0.173. The van der Waals surface area contributed by atoms with E-state index < -0.39 is 24.2 Å². The molecule has 1 amide bonds. The first-order chi connectivity index (χ1) is 17.8. The van der Waals surface area contributed by atoms with Crippen LogP contribution in [0.1, 0.15) is 34.6 Å². The smallest absolute Gasteiger partial charge is 0.410 e. The van der Waals surface area contributed by atoms with E-state index in [1.54, 1.807) is 29.2 Å². The fourth-order valence-electron chi connectivity index (χ4n) is 5.03. The van der Waals surface area contributed by atoms with Crippen LogP contribution in [-0.2, 0) is 0 Å². The van der Waals surface area contributed by atoms with Gasteiger partial charge in [-0.1, -0.05) is 23.7 Å². The van der Waals surface area contributed by atoms with E-state index in [9.17, 15) is 18.0 Å². The Bertz CT molecular complexity index is 1340. The van der Waals surface area contributed by atoms with Gasteiger partial charge in [-0.3, -0.25) is 4.79 Å². The van der Waals surface area contributed by atoms with E-state index in [-0.39, 0.29) is 24.7 Å². The Morgan fingerprint density at radius 2 is 1.81 bits per heavy atom. The summed E-state index contributed by atoms with van der Waals surface area (Å²) in [5.41, 5.74) is 1.58. The minimum atomic E-state index is -4.54. The number of benzene rings is 2. The SMILES string of the molecule is O=C(c1cc2n(n1)[C@H](C(F)(F)F)C[C@@H](c1ccc3c(c1)OCO3)N2)N1CCN(c2cccc(Cl)c2)CC1. The summed E-state index contributed by atoms with van der Waals surface area (Å²) in [6, 6.07) is 11.5. The molecule has 0 radical (unpaired) electrons. The molecule has 12 heteroatoms. The summed E-state index contributed by atoms with van der Waals surface area (Å²) < 4.78 is 53.8. The molecular formula is C25H23ClF3N5O3. The third-order valence-corrected chi connectivity index (χ3v) is 7.18. The van der Waals surface area contributed by atoms with Crippen molar-refractivity contribution < 1.29 is 27.4 Å². The maximum Gasteiger partial charge on any atom is 0.410 e. The number of nitrogens with one attached hydrogen (secondary N) is 1. The van der Waals surface area contributed by atoms with Crippen LogP contribution in [0.4, 0.5) is 24.7 Å². The Labute approximate surface area is 215 Å². The minimum Gasteiger partial charge on any atom is -0.454 e. The largest absolute Gasteiger partial charge is 0.454 e. The van der Waals surface area contributed by atoms with Crippen molar-refractivity contribution in [3.05, 3.63) is 64.8 Å². The quantitative estimate of drug-likeness (QED) is 0.517. The van der Waals surface area contributed by atoms with Crippen molar-refractivity contribution in [2.45, 2.75) is 24.7 Å². The zero-order valence-corrected chi connectivity index (χ0v) is 20.3. The van der Waals surface area contributed by atoms with E-state index in [2.05, 4.69) is 15.3 Å². The monoisotopic (exact) mass is 533 g/mol. The normalized spacial score (nSPS) is 21.0. The van der Waals surface area contributed by atoms with Crippen LogP contribution in [-0.4, -0.2) is 59.7 Å². The van der Waals surface area contributed by atoms with E-state index in [0.717, 1.165) is 10.4 Å². The fourth-order valence-corrected chi connectivity index (χ4v) is 5.21. The van der Waals surface area contributed by atoms with Crippen LogP contribution >= 0.6 is 11.6 Å². The van der Waals surface area contributed by atoms with Crippen molar-refractivity contribution in [3.8, 4) is 11.5 Å². The van der Waals surface area contributed by atoms with Crippen LogP contribution in [0.3, 0.4) is 0 Å². The van der Waals surface area contributed by atoms with Gasteiger partial charge >= 0.3 is 6.18 Å². The first-order valence-corrected chi connectivity index (χ1v) is 12.3. The number of carbonyl (C=O) groups excluding carboxylic acids is 1. The second-order valence-electron chi connectivity index (χ2n) is 9.22. The molecule has 2 aromatic carbocycles. The highest BCUT2D eigenvalue weighted by Crippen LogP contribution is 2.45. The molecule has 0 saturated carbocycles. The topological polar surface area (TPSA) is 71.9 Å². The van der Waals surface area contributed by atoms with Crippen molar-refractivity contribution >= 4 is 29.0 Å². The number of hydrogen-bond acceptors (Lipinski definition) is 6. The van der Waals surface area contributed by atoms with Crippen LogP contribution in [0.2, 0.25) is 5.02 Å².